The number of carbonyl (C=O) groups is 2. The van der Waals surface area contributed by atoms with Gasteiger partial charge < -0.3 is 15.0 Å². The van der Waals surface area contributed by atoms with E-state index in [1.165, 1.54) is 12.1 Å². The van der Waals surface area contributed by atoms with E-state index in [2.05, 4.69) is 5.32 Å². The Morgan fingerprint density at radius 2 is 1.88 bits per heavy atom. The second-order valence-corrected chi connectivity index (χ2v) is 7.10. The van der Waals surface area contributed by atoms with Crippen molar-refractivity contribution < 1.29 is 18.7 Å². The minimum Gasteiger partial charge on any atom is -0.481 e. The van der Waals surface area contributed by atoms with Crippen molar-refractivity contribution in [3.8, 4) is 5.75 Å². The summed E-state index contributed by atoms with van der Waals surface area (Å²) in [6.07, 6.45) is 1.43. The molecular formula is C18H25FN2O3. The molecule has 132 valence electrons. The number of para-hydroxylation sites is 1. The van der Waals surface area contributed by atoms with Gasteiger partial charge in [0.05, 0.1) is 0 Å². The van der Waals surface area contributed by atoms with E-state index in [9.17, 15) is 14.0 Å². The summed E-state index contributed by atoms with van der Waals surface area (Å²) in [7, 11) is 0. The monoisotopic (exact) mass is 336 g/mol. The number of piperidine rings is 1. The largest absolute Gasteiger partial charge is 0.481 e. The molecule has 1 aliphatic heterocycles. The molecule has 1 saturated heterocycles. The molecule has 5 nitrogen and oxygen atoms in total. The van der Waals surface area contributed by atoms with Crippen LogP contribution in [0.2, 0.25) is 0 Å². The van der Waals surface area contributed by atoms with Gasteiger partial charge in [-0.3, -0.25) is 9.59 Å². The number of ether oxygens (including phenoxy) is 1. The average molecular weight is 336 g/mol. The standard InChI is InChI=1S/C18H25FN2O3/c1-18(2,3)17(23)20-13-8-10-21(11-9-13)16(22)12-24-15-7-5-4-6-14(15)19/h4-7,13H,8-12H2,1-3H3,(H,20,23). The summed E-state index contributed by atoms with van der Waals surface area (Å²) in [5.41, 5.74) is -0.416. The molecule has 1 aromatic rings. The summed E-state index contributed by atoms with van der Waals surface area (Å²) in [6, 6.07) is 6.11. The van der Waals surface area contributed by atoms with Crippen molar-refractivity contribution in [2.24, 2.45) is 5.41 Å². The van der Waals surface area contributed by atoms with Crippen LogP contribution >= 0.6 is 0 Å². The quantitative estimate of drug-likeness (QED) is 0.918. The van der Waals surface area contributed by atoms with Crippen molar-refractivity contribution in [1.82, 2.24) is 10.2 Å². The first-order valence-corrected chi connectivity index (χ1v) is 8.23. The molecule has 2 amide bonds. The van der Waals surface area contributed by atoms with Crippen LogP contribution in [0.1, 0.15) is 33.6 Å². The molecule has 2 rings (SSSR count). The fourth-order valence-corrected chi connectivity index (χ4v) is 2.47. The van der Waals surface area contributed by atoms with Gasteiger partial charge in [0.25, 0.3) is 5.91 Å². The summed E-state index contributed by atoms with van der Waals surface area (Å²) in [5, 5.41) is 3.03. The number of nitrogens with zero attached hydrogens (tertiary/aromatic N) is 1. The Bertz CT molecular complexity index is 590. The van der Waals surface area contributed by atoms with Gasteiger partial charge in [-0.1, -0.05) is 32.9 Å². The smallest absolute Gasteiger partial charge is 0.260 e. The number of nitrogens with one attached hydrogen (secondary N) is 1. The molecule has 0 radical (unpaired) electrons. The maximum Gasteiger partial charge on any atom is 0.260 e. The van der Waals surface area contributed by atoms with E-state index < -0.39 is 11.2 Å². The third-order valence-electron chi connectivity index (χ3n) is 4.05. The Labute approximate surface area is 142 Å². The Kier molecular flexibility index (Phi) is 5.80. The van der Waals surface area contributed by atoms with Crippen molar-refractivity contribution in [2.75, 3.05) is 19.7 Å². The third kappa shape index (κ3) is 4.94. The molecule has 0 bridgehead atoms. The lowest BCUT2D eigenvalue weighted by atomic mass is 9.94. The van der Waals surface area contributed by atoms with E-state index in [1.54, 1.807) is 17.0 Å². The van der Waals surface area contributed by atoms with E-state index in [0.717, 1.165) is 0 Å². The molecule has 0 saturated carbocycles. The zero-order valence-electron chi connectivity index (χ0n) is 14.5. The van der Waals surface area contributed by atoms with Crippen molar-refractivity contribution in [2.45, 2.75) is 39.7 Å². The average Bonchev–Trinajstić information content (AvgIpc) is 2.53. The van der Waals surface area contributed by atoms with E-state index in [0.29, 0.717) is 25.9 Å². The van der Waals surface area contributed by atoms with Crippen LogP contribution in [0.25, 0.3) is 0 Å². The molecule has 0 spiro atoms. The third-order valence-corrected chi connectivity index (χ3v) is 4.05. The first kappa shape index (κ1) is 18.2. The first-order chi connectivity index (χ1) is 11.3. The number of hydrogen-bond acceptors (Lipinski definition) is 3. The van der Waals surface area contributed by atoms with Gasteiger partial charge in [0.1, 0.15) is 0 Å². The summed E-state index contributed by atoms with van der Waals surface area (Å²) in [6.45, 7) is 6.58. The van der Waals surface area contributed by atoms with Gasteiger partial charge in [0.2, 0.25) is 5.91 Å². The number of hydrogen-bond donors (Lipinski definition) is 1. The van der Waals surface area contributed by atoms with E-state index in [-0.39, 0.29) is 30.2 Å². The SMILES string of the molecule is CC(C)(C)C(=O)NC1CCN(C(=O)COc2ccccc2F)CC1. The maximum atomic E-state index is 13.5. The van der Waals surface area contributed by atoms with Crippen molar-refractivity contribution in [3.63, 3.8) is 0 Å². The Balaban J connectivity index is 1.77. The molecule has 1 fully saturated rings. The molecule has 24 heavy (non-hydrogen) atoms. The highest BCUT2D eigenvalue weighted by Crippen LogP contribution is 2.18. The minimum atomic E-state index is -0.478. The molecule has 1 aliphatic rings. The molecule has 0 aliphatic carbocycles. The maximum absolute atomic E-state index is 13.5. The van der Waals surface area contributed by atoms with Gasteiger partial charge >= 0.3 is 0 Å². The summed E-state index contributed by atoms with van der Waals surface area (Å²) >= 11 is 0. The molecule has 1 N–H and O–H groups in total. The highest BCUT2D eigenvalue weighted by atomic mass is 19.1. The number of halogens is 1. The lowest BCUT2D eigenvalue weighted by molar-refractivity contribution is -0.134. The van der Waals surface area contributed by atoms with Gasteiger partial charge in [0.15, 0.2) is 18.2 Å². The van der Waals surface area contributed by atoms with Crippen LogP contribution in [-0.2, 0) is 9.59 Å². The fraction of sp³-hybridized carbons (Fsp3) is 0.556. The zero-order valence-corrected chi connectivity index (χ0v) is 14.5. The van der Waals surface area contributed by atoms with Crippen molar-refractivity contribution >= 4 is 11.8 Å². The fourth-order valence-electron chi connectivity index (χ4n) is 2.47. The zero-order chi connectivity index (χ0) is 17.7. The van der Waals surface area contributed by atoms with Crippen LogP contribution in [0.15, 0.2) is 24.3 Å². The highest BCUT2D eigenvalue weighted by molar-refractivity contribution is 5.81. The van der Waals surface area contributed by atoms with Crippen molar-refractivity contribution in [3.05, 3.63) is 30.1 Å². The van der Waals surface area contributed by atoms with Gasteiger partial charge in [-0.15, -0.1) is 0 Å². The normalized spacial score (nSPS) is 15.9. The van der Waals surface area contributed by atoms with E-state index in [1.807, 2.05) is 20.8 Å². The van der Waals surface area contributed by atoms with Crippen molar-refractivity contribution in [1.29, 1.82) is 0 Å². The number of benzene rings is 1. The second-order valence-electron chi connectivity index (χ2n) is 7.10. The molecular weight excluding hydrogens is 311 g/mol. The first-order valence-electron chi connectivity index (χ1n) is 8.23. The van der Waals surface area contributed by atoms with Crippen LogP contribution in [0.3, 0.4) is 0 Å². The minimum absolute atomic E-state index is 0.0233. The topological polar surface area (TPSA) is 58.6 Å². The summed E-state index contributed by atoms with van der Waals surface area (Å²) < 4.78 is 18.7. The Hall–Kier alpha value is -2.11. The predicted molar refractivity (Wildman–Crippen MR) is 89.1 cm³/mol. The van der Waals surface area contributed by atoms with E-state index in [4.69, 9.17) is 4.74 Å². The van der Waals surface area contributed by atoms with Crippen LogP contribution in [0, 0.1) is 11.2 Å². The molecule has 0 aromatic heterocycles. The van der Waals surface area contributed by atoms with Crippen LogP contribution in [0.5, 0.6) is 5.75 Å². The summed E-state index contributed by atoms with van der Waals surface area (Å²) in [5.74, 6) is -0.541. The number of carbonyl (C=O) groups excluding carboxylic acids is 2. The second kappa shape index (κ2) is 7.64. The van der Waals surface area contributed by atoms with Gasteiger partial charge in [0, 0.05) is 24.5 Å². The highest BCUT2D eigenvalue weighted by Gasteiger charge is 2.28. The Morgan fingerprint density at radius 1 is 1.25 bits per heavy atom. The molecule has 0 atom stereocenters. The predicted octanol–water partition coefficient (Wildman–Crippen LogP) is 2.36. The van der Waals surface area contributed by atoms with E-state index >= 15 is 0 Å². The van der Waals surface area contributed by atoms with Gasteiger partial charge in [-0.05, 0) is 25.0 Å². The van der Waals surface area contributed by atoms with Crippen LogP contribution < -0.4 is 10.1 Å². The lowest BCUT2D eigenvalue weighted by Gasteiger charge is -2.33. The van der Waals surface area contributed by atoms with Gasteiger partial charge in [-0.2, -0.15) is 0 Å². The molecule has 1 heterocycles. The summed E-state index contributed by atoms with van der Waals surface area (Å²) in [4.78, 5) is 25.8. The number of likely N-dealkylation sites (tertiary alicyclic amines) is 1. The lowest BCUT2D eigenvalue weighted by Crippen LogP contribution is -2.49. The molecule has 0 unspecified atom stereocenters. The number of amides is 2. The van der Waals surface area contributed by atoms with Crippen LogP contribution in [-0.4, -0.2) is 42.5 Å². The molecule has 6 heteroatoms. The van der Waals surface area contributed by atoms with Crippen LogP contribution in [0.4, 0.5) is 4.39 Å². The number of rotatable bonds is 4. The molecule has 1 aromatic carbocycles. The Morgan fingerprint density at radius 3 is 2.46 bits per heavy atom. The van der Waals surface area contributed by atoms with Gasteiger partial charge in [-0.25, -0.2) is 4.39 Å².